The van der Waals surface area contributed by atoms with Crippen LogP contribution >= 0.6 is 0 Å². The van der Waals surface area contributed by atoms with Gasteiger partial charge >= 0.3 is 0 Å². The molecule has 0 radical (unpaired) electrons. The first-order chi connectivity index (χ1) is 9.65. The lowest BCUT2D eigenvalue weighted by atomic mass is 9.89. The van der Waals surface area contributed by atoms with E-state index in [1.807, 2.05) is 12.1 Å². The van der Waals surface area contributed by atoms with Gasteiger partial charge in [0.25, 0.3) is 0 Å². The van der Waals surface area contributed by atoms with E-state index in [0.29, 0.717) is 11.3 Å². The highest BCUT2D eigenvalue weighted by Gasteiger charge is 2.17. The van der Waals surface area contributed by atoms with E-state index in [0.717, 1.165) is 19.3 Å². The van der Waals surface area contributed by atoms with Gasteiger partial charge in [0.15, 0.2) is 5.78 Å². The van der Waals surface area contributed by atoms with Gasteiger partial charge in [-0.15, -0.1) is 0 Å². The Hall–Kier alpha value is -2.16. The zero-order valence-corrected chi connectivity index (χ0v) is 11.2. The lowest BCUT2D eigenvalue weighted by Gasteiger charge is -2.16. The topological polar surface area (TPSA) is 43.1 Å². The van der Waals surface area contributed by atoms with Crippen molar-refractivity contribution in [2.24, 2.45) is 0 Å². The van der Waals surface area contributed by atoms with Gasteiger partial charge in [-0.2, -0.15) is 0 Å². The predicted octanol–water partition coefficient (Wildman–Crippen LogP) is 3.52. The van der Waals surface area contributed by atoms with E-state index in [1.54, 1.807) is 12.1 Å². The third kappa shape index (κ3) is 2.31. The molecule has 0 atom stereocenters. The van der Waals surface area contributed by atoms with Crippen LogP contribution in [0.5, 0.6) is 0 Å². The summed E-state index contributed by atoms with van der Waals surface area (Å²) < 4.78 is 13.8. The van der Waals surface area contributed by atoms with Crippen LogP contribution in [-0.4, -0.2) is 5.78 Å². The van der Waals surface area contributed by atoms with E-state index >= 15 is 0 Å². The number of aryl methyl sites for hydroxylation is 2. The highest BCUT2D eigenvalue weighted by molar-refractivity contribution is 6.09. The Bertz CT molecular complexity index is 679. The first kappa shape index (κ1) is 12.9. The molecule has 3 heteroatoms. The van der Waals surface area contributed by atoms with Crippen molar-refractivity contribution >= 4 is 11.5 Å². The molecule has 20 heavy (non-hydrogen) atoms. The van der Waals surface area contributed by atoms with Crippen molar-refractivity contribution in [3.8, 4) is 0 Å². The highest BCUT2D eigenvalue weighted by Crippen LogP contribution is 2.24. The zero-order valence-electron chi connectivity index (χ0n) is 11.2. The fraction of sp³-hybridized carbons (Fsp3) is 0.235. The number of fused-ring (bicyclic) bond motifs is 1. The van der Waals surface area contributed by atoms with Gasteiger partial charge in [0.2, 0.25) is 0 Å². The number of benzene rings is 2. The molecule has 0 saturated carbocycles. The Morgan fingerprint density at radius 2 is 1.75 bits per heavy atom. The van der Waals surface area contributed by atoms with Gasteiger partial charge in [0.05, 0.1) is 5.56 Å². The van der Waals surface area contributed by atoms with Crippen LogP contribution in [0.15, 0.2) is 36.4 Å². The molecular weight excluding hydrogens is 253 g/mol. The molecule has 0 spiro atoms. The Morgan fingerprint density at radius 3 is 2.50 bits per heavy atom. The maximum Gasteiger partial charge on any atom is 0.195 e. The van der Waals surface area contributed by atoms with Crippen molar-refractivity contribution in [1.29, 1.82) is 0 Å². The number of carbonyl (C=O) groups is 1. The van der Waals surface area contributed by atoms with Crippen molar-refractivity contribution in [3.05, 3.63) is 64.5 Å². The molecule has 1 aliphatic carbocycles. The average molecular weight is 269 g/mol. The molecule has 0 fully saturated rings. The average Bonchev–Trinajstić information content (AvgIpc) is 2.46. The molecular formula is C17H16FNO. The van der Waals surface area contributed by atoms with Gasteiger partial charge in [-0.05, 0) is 61.1 Å². The molecule has 0 unspecified atom stereocenters. The summed E-state index contributed by atoms with van der Waals surface area (Å²) in [5, 5.41) is 0. The Labute approximate surface area is 117 Å². The molecule has 2 N–H and O–H groups in total. The third-order valence-corrected chi connectivity index (χ3v) is 3.85. The van der Waals surface area contributed by atoms with Crippen LogP contribution in [0.2, 0.25) is 0 Å². The number of ketones is 1. The van der Waals surface area contributed by atoms with E-state index in [9.17, 15) is 9.18 Å². The molecule has 0 bridgehead atoms. The molecule has 102 valence electrons. The SMILES string of the molecule is Nc1ccc(C(=O)c2ccc3c(c2)CCCC3)c(F)c1. The van der Waals surface area contributed by atoms with Crippen LogP contribution in [0.25, 0.3) is 0 Å². The quantitative estimate of drug-likeness (QED) is 0.669. The second kappa shape index (κ2) is 5.08. The van der Waals surface area contributed by atoms with Crippen LogP contribution in [0.4, 0.5) is 10.1 Å². The van der Waals surface area contributed by atoms with Crippen molar-refractivity contribution in [3.63, 3.8) is 0 Å². The van der Waals surface area contributed by atoms with Crippen molar-refractivity contribution in [2.45, 2.75) is 25.7 Å². The predicted molar refractivity (Wildman–Crippen MR) is 77.3 cm³/mol. The second-order valence-electron chi connectivity index (χ2n) is 5.26. The van der Waals surface area contributed by atoms with Crippen molar-refractivity contribution in [2.75, 3.05) is 5.73 Å². The fourth-order valence-corrected chi connectivity index (χ4v) is 2.75. The van der Waals surface area contributed by atoms with Crippen molar-refractivity contribution < 1.29 is 9.18 Å². The van der Waals surface area contributed by atoms with E-state index in [4.69, 9.17) is 5.73 Å². The largest absolute Gasteiger partial charge is 0.399 e. The molecule has 0 amide bonds. The number of rotatable bonds is 2. The normalized spacial score (nSPS) is 13.8. The molecule has 0 aromatic heterocycles. The number of hydrogen-bond donors (Lipinski definition) is 1. The second-order valence-corrected chi connectivity index (χ2v) is 5.26. The summed E-state index contributed by atoms with van der Waals surface area (Å²) in [5.41, 5.74) is 8.99. The fourth-order valence-electron chi connectivity index (χ4n) is 2.75. The van der Waals surface area contributed by atoms with Crippen molar-refractivity contribution in [1.82, 2.24) is 0 Å². The molecule has 2 aromatic rings. The Balaban J connectivity index is 1.98. The summed E-state index contributed by atoms with van der Waals surface area (Å²) in [4.78, 5) is 12.4. The van der Waals surface area contributed by atoms with Crippen LogP contribution in [-0.2, 0) is 12.8 Å². The first-order valence-corrected chi connectivity index (χ1v) is 6.86. The van der Waals surface area contributed by atoms with Gasteiger partial charge in [0.1, 0.15) is 5.82 Å². The minimum Gasteiger partial charge on any atom is -0.399 e. The van der Waals surface area contributed by atoms with Gasteiger partial charge < -0.3 is 5.73 Å². The summed E-state index contributed by atoms with van der Waals surface area (Å²) >= 11 is 0. The molecule has 2 aromatic carbocycles. The molecule has 3 rings (SSSR count). The third-order valence-electron chi connectivity index (χ3n) is 3.85. The number of carbonyl (C=O) groups excluding carboxylic acids is 1. The van der Waals surface area contributed by atoms with Gasteiger partial charge in [-0.25, -0.2) is 4.39 Å². The first-order valence-electron chi connectivity index (χ1n) is 6.86. The van der Waals surface area contributed by atoms with Crippen LogP contribution in [0.1, 0.15) is 39.9 Å². The standard InChI is InChI=1S/C17H16FNO/c18-16-10-14(19)7-8-15(16)17(20)13-6-5-11-3-1-2-4-12(11)9-13/h5-10H,1-4,19H2. The van der Waals surface area contributed by atoms with Crippen LogP contribution in [0, 0.1) is 5.82 Å². The minimum atomic E-state index is -0.562. The lowest BCUT2D eigenvalue weighted by molar-refractivity contribution is 0.103. The van der Waals surface area contributed by atoms with E-state index < -0.39 is 5.82 Å². The van der Waals surface area contributed by atoms with Gasteiger partial charge in [-0.3, -0.25) is 4.79 Å². The summed E-state index contributed by atoms with van der Waals surface area (Å²) in [6.07, 6.45) is 4.43. The Morgan fingerprint density at radius 1 is 1.00 bits per heavy atom. The molecule has 2 nitrogen and oxygen atoms in total. The van der Waals surface area contributed by atoms with E-state index in [2.05, 4.69) is 0 Å². The van der Waals surface area contributed by atoms with Crippen LogP contribution in [0.3, 0.4) is 0 Å². The molecule has 0 aliphatic heterocycles. The smallest absolute Gasteiger partial charge is 0.195 e. The van der Waals surface area contributed by atoms with Gasteiger partial charge in [-0.1, -0.05) is 12.1 Å². The number of halogens is 1. The summed E-state index contributed by atoms with van der Waals surface area (Å²) in [6, 6.07) is 9.89. The number of nitrogen functional groups attached to an aromatic ring is 1. The molecule has 0 saturated heterocycles. The number of nitrogens with two attached hydrogens (primary N) is 1. The van der Waals surface area contributed by atoms with Gasteiger partial charge in [0, 0.05) is 11.3 Å². The molecule has 1 aliphatic rings. The molecule has 0 heterocycles. The highest BCUT2D eigenvalue weighted by atomic mass is 19.1. The lowest BCUT2D eigenvalue weighted by Crippen LogP contribution is -2.08. The number of anilines is 1. The van der Waals surface area contributed by atoms with E-state index in [1.165, 1.54) is 29.7 Å². The minimum absolute atomic E-state index is 0.0787. The van der Waals surface area contributed by atoms with Crippen LogP contribution < -0.4 is 5.73 Å². The Kier molecular flexibility index (Phi) is 3.26. The monoisotopic (exact) mass is 269 g/mol. The maximum absolute atomic E-state index is 13.8. The summed E-state index contributed by atoms with van der Waals surface area (Å²) in [5.74, 6) is -0.844. The summed E-state index contributed by atoms with van der Waals surface area (Å²) in [7, 11) is 0. The zero-order chi connectivity index (χ0) is 14.1. The number of hydrogen-bond acceptors (Lipinski definition) is 2. The van der Waals surface area contributed by atoms with E-state index in [-0.39, 0.29) is 11.3 Å². The summed E-state index contributed by atoms with van der Waals surface area (Å²) in [6.45, 7) is 0. The maximum atomic E-state index is 13.8.